The van der Waals surface area contributed by atoms with Crippen LogP contribution in [0.15, 0.2) is 0 Å². The van der Waals surface area contributed by atoms with E-state index in [9.17, 15) is 0 Å². The third-order valence-electron chi connectivity index (χ3n) is 2.60. The molecule has 0 aliphatic heterocycles. The zero-order chi connectivity index (χ0) is 8.10. The van der Waals surface area contributed by atoms with Crippen molar-refractivity contribution >= 4 is 15.9 Å². The van der Waals surface area contributed by atoms with Crippen molar-refractivity contribution in [1.82, 2.24) is 0 Å². The lowest BCUT2D eigenvalue weighted by Crippen LogP contribution is -2.17. The van der Waals surface area contributed by atoms with Crippen molar-refractivity contribution in [3.05, 3.63) is 0 Å². The Bertz CT molecular complexity index is 106. The van der Waals surface area contributed by atoms with Crippen molar-refractivity contribution in [2.24, 2.45) is 11.7 Å². The fourth-order valence-electron chi connectivity index (χ4n) is 1.74. The summed E-state index contributed by atoms with van der Waals surface area (Å²) in [6.07, 6.45) is 8.12. The molecule has 1 aliphatic rings. The summed E-state index contributed by atoms with van der Waals surface area (Å²) in [6.45, 7) is 0.889. The molecule has 0 saturated heterocycles. The largest absolute Gasteiger partial charge is 0.330 e. The van der Waals surface area contributed by atoms with Gasteiger partial charge in [-0.15, -0.1) is 0 Å². The predicted octanol–water partition coefficient (Wildman–Crippen LogP) is 2.68. The number of alkyl halides is 1. The molecule has 0 heterocycles. The van der Waals surface area contributed by atoms with Crippen molar-refractivity contribution in [3.8, 4) is 0 Å². The second kappa shape index (κ2) is 5.15. The molecule has 0 amide bonds. The number of nitrogens with two attached hydrogens (primary N) is 1. The lowest BCUT2D eigenvalue weighted by molar-refractivity contribution is 0.392. The smallest absolute Gasteiger partial charge is 0.0145 e. The first-order valence-electron chi connectivity index (χ1n) is 4.67. The minimum Gasteiger partial charge on any atom is -0.330 e. The third kappa shape index (κ3) is 3.57. The van der Waals surface area contributed by atoms with Crippen LogP contribution in [0.4, 0.5) is 0 Å². The Morgan fingerprint density at radius 3 is 2.55 bits per heavy atom. The minimum absolute atomic E-state index is 0.761. The van der Waals surface area contributed by atoms with Gasteiger partial charge < -0.3 is 5.73 Å². The summed E-state index contributed by atoms with van der Waals surface area (Å²) >= 11 is 3.69. The van der Waals surface area contributed by atoms with Gasteiger partial charge >= 0.3 is 0 Å². The van der Waals surface area contributed by atoms with E-state index in [0.29, 0.717) is 0 Å². The molecule has 66 valence electrons. The lowest BCUT2D eigenvalue weighted by Gasteiger charge is -2.20. The van der Waals surface area contributed by atoms with E-state index >= 15 is 0 Å². The third-order valence-corrected chi connectivity index (χ3v) is 3.52. The van der Waals surface area contributed by atoms with Crippen LogP contribution < -0.4 is 5.73 Å². The maximum absolute atomic E-state index is 5.65. The first-order chi connectivity index (χ1) is 5.33. The zero-order valence-corrected chi connectivity index (χ0v) is 8.65. The molecule has 1 saturated carbocycles. The standard InChI is InChI=1S/C9H18BrN/c10-9-4-2-1-3-8(7-11)5-6-9/h8-9H,1-7,11H2. The highest BCUT2D eigenvalue weighted by Gasteiger charge is 2.13. The van der Waals surface area contributed by atoms with Gasteiger partial charge in [0, 0.05) is 4.83 Å². The maximum atomic E-state index is 5.65. The van der Waals surface area contributed by atoms with E-state index < -0.39 is 0 Å². The van der Waals surface area contributed by atoms with Crippen molar-refractivity contribution in [3.63, 3.8) is 0 Å². The predicted molar refractivity (Wildman–Crippen MR) is 53.0 cm³/mol. The SMILES string of the molecule is NCC1CCCCC(Br)CC1. The Morgan fingerprint density at radius 2 is 1.82 bits per heavy atom. The fourth-order valence-corrected chi connectivity index (χ4v) is 2.33. The summed E-state index contributed by atoms with van der Waals surface area (Å²) in [7, 11) is 0. The molecule has 0 spiro atoms. The van der Waals surface area contributed by atoms with Gasteiger partial charge in [-0.25, -0.2) is 0 Å². The van der Waals surface area contributed by atoms with Crippen LogP contribution in [0.1, 0.15) is 38.5 Å². The van der Waals surface area contributed by atoms with E-state index in [1.54, 1.807) is 0 Å². The molecule has 11 heavy (non-hydrogen) atoms. The quantitative estimate of drug-likeness (QED) is 0.675. The molecule has 0 aromatic carbocycles. The van der Waals surface area contributed by atoms with Gasteiger partial charge in [0.2, 0.25) is 0 Å². The van der Waals surface area contributed by atoms with Gasteiger partial charge in [0.05, 0.1) is 0 Å². The van der Waals surface area contributed by atoms with E-state index in [2.05, 4.69) is 15.9 Å². The normalized spacial score (nSPS) is 34.4. The Labute approximate surface area is 77.9 Å². The van der Waals surface area contributed by atoms with Crippen LogP contribution in [0.2, 0.25) is 0 Å². The molecule has 0 bridgehead atoms. The second-order valence-electron chi connectivity index (χ2n) is 3.56. The molecule has 1 aliphatic carbocycles. The molecule has 2 heteroatoms. The minimum atomic E-state index is 0.761. The summed E-state index contributed by atoms with van der Waals surface area (Å²) < 4.78 is 0. The molecule has 1 rings (SSSR count). The van der Waals surface area contributed by atoms with Crippen LogP contribution in [0.3, 0.4) is 0 Å². The molecule has 2 unspecified atom stereocenters. The van der Waals surface area contributed by atoms with Gasteiger partial charge in [0.15, 0.2) is 0 Å². The van der Waals surface area contributed by atoms with Gasteiger partial charge in [-0.2, -0.15) is 0 Å². The highest BCUT2D eigenvalue weighted by atomic mass is 79.9. The summed E-state index contributed by atoms with van der Waals surface area (Å²) in [5.41, 5.74) is 5.65. The summed E-state index contributed by atoms with van der Waals surface area (Å²) in [5.74, 6) is 0.801. The number of hydrogen-bond donors (Lipinski definition) is 1. The van der Waals surface area contributed by atoms with Crippen LogP contribution in [-0.2, 0) is 0 Å². The van der Waals surface area contributed by atoms with Gasteiger partial charge in [-0.05, 0) is 38.1 Å². The van der Waals surface area contributed by atoms with Crippen LogP contribution in [0, 0.1) is 5.92 Å². The monoisotopic (exact) mass is 219 g/mol. The molecule has 1 fully saturated rings. The molecule has 0 aromatic heterocycles. The van der Waals surface area contributed by atoms with Gasteiger partial charge in [0.1, 0.15) is 0 Å². The van der Waals surface area contributed by atoms with Crippen molar-refractivity contribution in [2.75, 3.05) is 6.54 Å². The van der Waals surface area contributed by atoms with Crippen molar-refractivity contribution < 1.29 is 0 Å². The molecule has 0 aromatic rings. The average Bonchev–Trinajstić information content (AvgIpc) is 1.98. The van der Waals surface area contributed by atoms with Gasteiger partial charge in [-0.3, -0.25) is 0 Å². The van der Waals surface area contributed by atoms with E-state index in [-0.39, 0.29) is 0 Å². The molecule has 0 radical (unpaired) electrons. The summed E-state index contributed by atoms with van der Waals surface area (Å²) in [4.78, 5) is 0.761. The summed E-state index contributed by atoms with van der Waals surface area (Å²) in [5, 5.41) is 0. The van der Waals surface area contributed by atoms with Crippen molar-refractivity contribution in [1.29, 1.82) is 0 Å². The molecule has 2 N–H and O–H groups in total. The molecule has 1 nitrogen and oxygen atoms in total. The van der Waals surface area contributed by atoms with Crippen LogP contribution in [0.25, 0.3) is 0 Å². The number of halogens is 1. The maximum Gasteiger partial charge on any atom is 0.0145 e. The van der Waals surface area contributed by atoms with E-state index in [4.69, 9.17) is 5.73 Å². The fraction of sp³-hybridized carbons (Fsp3) is 1.00. The lowest BCUT2D eigenvalue weighted by atomic mass is 9.91. The highest BCUT2D eigenvalue weighted by molar-refractivity contribution is 9.09. The molecular weight excluding hydrogens is 202 g/mol. The Hall–Kier alpha value is 0.440. The Balaban J connectivity index is 2.25. The van der Waals surface area contributed by atoms with Crippen LogP contribution in [0.5, 0.6) is 0 Å². The average molecular weight is 220 g/mol. The summed E-state index contributed by atoms with van der Waals surface area (Å²) in [6, 6.07) is 0. The number of rotatable bonds is 1. The molecular formula is C9H18BrN. The Kier molecular flexibility index (Phi) is 4.46. The number of hydrogen-bond acceptors (Lipinski definition) is 1. The van der Waals surface area contributed by atoms with Gasteiger partial charge in [0.25, 0.3) is 0 Å². The topological polar surface area (TPSA) is 26.0 Å². The highest BCUT2D eigenvalue weighted by Crippen LogP contribution is 2.25. The van der Waals surface area contributed by atoms with Crippen LogP contribution in [-0.4, -0.2) is 11.4 Å². The van der Waals surface area contributed by atoms with E-state index in [1.807, 2.05) is 0 Å². The Morgan fingerprint density at radius 1 is 1.09 bits per heavy atom. The first kappa shape index (κ1) is 9.53. The van der Waals surface area contributed by atoms with Crippen molar-refractivity contribution in [2.45, 2.75) is 43.4 Å². The van der Waals surface area contributed by atoms with E-state index in [1.165, 1.54) is 38.5 Å². The zero-order valence-electron chi connectivity index (χ0n) is 7.06. The van der Waals surface area contributed by atoms with Gasteiger partial charge in [-0.1, -0.05) is 28.8 Å². The van der Waals surface area contributed by atoms with E-state index in [0.717, 1.165) is 17.3 Å². The second-order valence-corrected chi connectivity index (χ2v) is 4.86. The van der Waals surface area contributed by atoms with Crippen LogP contribution >= 0.6 is 15.9 Å². The first-order valence-corrected chi connectivity index (χ1v) is 5.58. The molecule has 2 atom stereocenters.